The van der Waals surface area contributed by atoms with Crippen molar-refractivity contribution in [3.63, 3.8) is 0 Å². The first-order valence-corrected chi connectivity index (χ1v) is 9.89. The van der Waals surface area contributed by atoms with Crippen molar-refractivity contribution < 1.29 is 27.4 Å². The first kappa shape index (κ1) is 21.2. The minimum Gasteiger partial charge on any atom is -0.482 e. The molecule has 0 saturated carbocycles. The van der Waals surface area contributed by atoms with Crippen LogP contribution in [0.5, 0.6) is 5.75 Å². The third-order valence-corrected chi connectivity index (χ3v) is 5.77. The number of carbonyl (C=O) groups excluding carboxylic acids is 1. The molecular weight excluding hydrogens is 413 g/mol. The number of aryl methyl sites for hydroxylation is 1. The van der Waals surface area contributed by atoms with Crippen LogP contribution in [0, 0.1) is 6.92 Å². The Morgan fingerprint density at radius 3 is 2.61 bits per heavy atom. The number of methoxy groups -OCH3 is 1. The van der Waals surface area contributed by atoms with Gasteiger partial charge in [0.05, 0.1) is 17.1 Å². The Bertz CT molecular complexity index is 988. The van der Waals surface area contributed by atoms with Crippen LogP contribution in [0.15, 0.2) is 30.3 Å². The minimum absolute atomic E-state index is 0.0275. The molecular formula is C21H23F3N4O3. The van der Waals surface area contributed by atoms with Crippen molar-refractivity contribution in [2.24, 2.45) is 0 Å². The van der Waals surface area contributed by atoms with Gasteiger partial charge in [-0.3, -0.25) is 4.79 Å². The summed E-state index contributed by atoms with van der Waals surface area (Å²) < 4.78 is 50.4. The number of pyridine rings is 1. The van der Waals surface area contributed by atoms with Crippen LogP contribution in [0.2, 0.25) is 0 Å². The van der Waals surface area contributed by atoms with Crippen molar-refractivity contribution in [2.45, 2.75) is 31.5 Å². The van der Waals surface area contributed by atoms with Gasteiger partial charge in [-0.2, -0.15) is 13.2 Å². The number of nitrogens with one attached hydrogen (secondary N) is 2. The highest BCUT2D eigenvalue weighted by atomic mass is 19.4. The highest BCUT2D eigenvalue weighted by Crippen LogP contribution is 2.42. The lowest BCUT2D eigenvalue weighted by atomic mass is 9.90. The lowest BCUT2D eigenvalue weighted by Crippen LogP contribution is -2.54. The Hall–Kier alpha value is -3.01. The molecule has 0 bridgehead atoms. The van der Waals surface area contributed by atoms with Crippen LogP contribution in [-0.4, -0.2) is 49.5 Å². The molecule has 2 aromatic rings. The van der Waals surface area contributed by atoms with E-state index in [0.717, 1.165) is 18.5 Å². The molecule has 1 saturated heterocycles. The molecule has 1 amide bonds. The number of anilines is 4. The number of aromatic nitrogens is 1. The Morgan fingerprint density at radius 1 is 1.23 bits per heavy atom. The number of ether oxygens (including phenoxy) is 2. The number of fused-ring (bicyclic) bond motifs is 1. The zero-order chi connectivity index (χ0) is 22.2. The molecule has 3 heterocycles. The van der Waals surface area contributed by atoms with Gasteiger partial charge >= 0.3 is 6.18 Å². The van der Waals surface area contributed by atoms with Crippen LogP contribution in [0.1, 0.15) is 18.5 Å². The topological polar surface area (TPSA) is 75.7 Å². The third kappa shape index (κ3) is 4.12. The maximum atomic E-state index is 13.4. The number of piperidine rings is 1. The van der Waals surface area contributed by atoms with Crippen LogP contribution in [-0.2, 0) is 9.53 Å². The maximum absolute atomic E-state index is 13.4. The molecule has 31 heavy (non-hydrogen) atoms. The van der Waals surface area contributed by atoms with Gasteiger partial charge in [0.25, 0.3) is 5.91 Å². The second kappa shape index (κ2) is 7.92. The van der Waals surface area contributed by atoms with Crippen molar-refractivity contribution in [1.29, 1.82) is 0 Å². The van der Waals surface area contributed by atoms with Crippen LogP contribution in [0.3, 0.4) is 0 Å². The molecule has 1 aromatic heterocycles. The molecule has 0 radical (unpaired) electrons. The smallest absolute Gasteiger partial charge is 0.417 e. The second-order valence-electron chi connectivity index (χ2n) is 7.66. The van der Waals surface area contributed by atoms with E-state index in [9.17, 15) is 18.0 Å². The van der Waals surface area contributed by atoms with E-state index in [1.807, 2.05) is 24.0 Å². The normalized spacial score (nSPS) is 18.1. The van der Waals surface area contributed by atoms with Crippen molar-refractivity contribution in [3.8, 4) is 5.75 Å². The molecule has 166 valence electrons. The summed E-state index contributed by atoms with van der Waals surface area (Å²) in [4.78, 5) is 17.8. The number of nitrogens with zero attached hydrogens (tertiary/aromatic N) is 2. The van der Waals surface area contributed by atoms with E-state index in [4.69, 9.17) is 9.47 Å². The molecule has 4 rings (SSSR count). The van der Waals surface area contributed by atoms with Crippen molar-refractivity contribution >= 4 is 28.8 Å². The van der Waals surface area contributed by atoms with Gasteiger partial charge in [0.2, 0.25) is 0 Å². The van der Waals surface area contributed by atoms with E-state index in [0.29, 0.717) is 22.9 Å². The van der Waals surface area contributed by atoms with E-state index in [1.54, 1.807) is 18.2 Å². The molecule has 0 spiro atoms. The van der Waals surface area contributed by atoms with Gasteiger partial charge in [-0.15, -0.1) is 0 Å². The van der Waals surface area contributed by atoms with Gasteiger partial charge < -0.3 is 25.0 Å². The number of rotatable bonds is 4. The second-order valence-corrected chi connectivity index (χ2v) is 7.66. The van der Waals surface area contributed by atoms with Crippen LogP contribution < -0.4 is 20.3 Å². The minimum atomic E-state index is -4.40. The number of halogens is 3. The lowest BCUT2D eigenvalue weighted by molar-refractivity contribution is -0.276. The number of amides is 1. The predicted octanol–water partition coefficient (Wildman–Crippen LogP) is 4.01. The molecule has 1 aromatic carbocycles. The largest absolute Gasteiger partial charge is 0.482 e. The fourth-order valence-electron chi connectivity index (χ4n) is 3.86. The Kier molecular flexibility index (Phi) is 5.42. The molecule has 0 unspecified atom stereocenters. The average molecular weight is 436 g/mol. The van der Waals surface area contributed by atoms with Gasteiger partial charge in [-0.05, 0) is 31.2 Å². The summed E-state index contributed by atoms with van der Waals surface area (Å²) in [5.74, 6) is 1.01. The first-order valence-electron chi connectivity index (χ1n) is 9.89. The summed E-state index contributed by atoms with van der Waals surface area (Å²) in [7, 11) is 1.12. The molecule has 2 aliphatic heterocycles. The zero-order valence-corrected chi connectivity index (χ0v) is 17.2. The van der Waals surface area contributed by atoms with Crippen molar-refractivity contribution in [3.05, 3.63) is 36.0 Å². The quantitative estimate of drug-likeness (QED) is 0.754. The number of benzene rings is 1. The first-order chi connectivity index (χ1) is 14.7. The molecule has 2 aliphatic rings. The molecule has 2 N–H and O–H groups in total. The van der Waals surface area contributed by atoms with E-state index in [-0.39, 0.29) is 38.4 Å². The monoisotopic (exact) mass is 436 g/mol. The highest BCUT2D eigenvalue weighted by Gasteiger charge is 2.56. The van der Waals surface area contributed by atoms with Gasteiger partial charge in [0.1, 0.15) is 11.6 Å². The third-order valence-electron chi connectivity index (χ3n) is 5.77. The number of carbonyl (C=O) groups is 1. The fraction of sp³-hybridized carbons (Fsp3) is 0.429. The van der Waals surface area contributed by atoms with E-state index < -0.39 is 11.8 Å². The summed E-state index contributed by atoms with van der Waals surface area (Å²) in [6.07, 6.45) is -4.68. The van der Waals surface area contributed by atoms with Gasteiger partial charge in [0, 0.05) is 44.8 Å². The zero-order valence-electron chi connectivity index (χ0n) is 17.2. The number of hydrogen-bond acceptors (Lipinski definition) is 6. The van der Waals surface area contributed by atoms with Crippen LogP contribution in [0.25, 0.3) is 0 Å². The molecule has 1 fully saturated rings. The van der Waals surface area contributed by atoms with Gasteiger partial charge in [-0.25, -0.2) is 4.98 Å². The summed E-state index contributed by atoms with van der Waals surface area (Å²) in [5.41, 5.74) is 0.767. The summed E-state index contributed by atoms with van der Waals surface area (Å²) >= 11 is 0. The molecule has 10 heteroatoms. The standard InChI is InChI=1S/C21H23F3N4O3/c1-13-15(26-14-3-4-16-17(11-14)31-12-19(29)27-16)5-6-18(25-13)28-9-7-20(30-2,8-10-28)21(22,23)24/h3-6,11,26H,7-10,12H2,1-2H3,(H,27,29). The Balaban J connectivity index is 1.45. The fourth-order valence-corrected chi connectivity index (χ4v) is 3.86. The Labute approximate surface area is 177 Å². The molecule has 0 atom stereocenters. The van der Waals surface area contributed by atoms with Gasteiger partial charge in [-0.1, -0.05) is 0 Å². The van der Waals surface area contributed by atoms with E-state index >= 15 is 0 Å². The van der Waals surface area contributed by atoms with E-state index in [1.165, 1.54) is 0 Å². The lowest BCUT2D eigenvalue weighted by Gasteiger charge is -2.42. The SMILES string of the molecule is COC1(C(F)(F)F)CCN(c2ccc(Nc3ccc4c(c3)OCC(=O)N4)c(C)n2)CC1. The summed E-state index contributed by atoms with van der Waals surface area (Å²) in [6.45, 7) is 2.22. The van der Waals surface area contributed by atoms with Crippen molar-refractivity contribution in [1.82, 2.24) is 4.98 Å². The van der Waals surface area contributed by atoms with Crippen molar-refractivity contribution in [2.75, 3.05) is 42.3 Å². The number of alkyl halides is 3. The predicted molar refractivity (Wildman–Crippen MR) is 110 cm³/mol. The summed E-state index contributed by atoms with van der Waals surface area (Å²) in [5, 5.41) is 6.00. The summed E-state index contributed by atoms with van der Waals surface area (Å²) in [6, 6.07) is 8.99. The number of hydrogen-bond donors (Lipinski definition) is 2. The highest BCUT2D eigenvalue weighted by molar-refractivity contribution is 5.95. The maximum Gasteiger partial charge on any atom is 0.417 e. The Morgan fingerprint density at radius 2 is 1.97 bits per heavy atom. The average Bonchev–Trinajstić information content (AvgIpc) is 2.74. The van der Waals surface area contributed by atoms with E-state index in [2.05, 4.69) is 15.6 Å². The molecule has 0 aliphatic carbocycles. The van der Waals surface area contributed by atoms with Crippen LogP contribution >= 0.6 is 0 Å². The van der Waals surface area contributed by atoms with Gasteiger partial charge in [0.15, 0.2) is 12.2 Å². The van der Waals surface area contributed by atoms with Crippen LogP contribution in [0.4, 0.5) is 36.1 Å². The molecule has 7 nitrogen and oxygen atoms in total.